The number of aliphatic hydroxyl groups excluding tert-OH is 5. The minimum absolute atomic E-state index is 0.0801. The lowest BCUT2D eigenvalue weighted by Gasteiger charge is -2.44. The number of ether oxygens (including phenoxy) is 5. The van der Waals surface area contributed by atoms with Gasteiger partial charge in [-0.3, -0.25) is 4.79 Å². The molecule has 0 aliphatic carbocycles. The number of fused-ring (bicyclic) bond motifs is 1. The molecule has 9 atom stereocenters. The van der Waals surface area contributed by atoms with E-state index in [-0.39, 0.29) is 41.1 Å². The number of allylic oxidation sites excluding steroid dienone is 2. The molecule has 1 aromatic heterocycles. The highest BCUT2D eigenvalue weighted by Gasteiger charge is 2.48. The molecule has 2 saturated heterocycles. The third-order valence-corrected chi connectivity index (χ3v) is 8.01. The van der Waals surface area contributed by atoms with Gasteiger partial charge in [-0.1, -0.05) is 11.6 Å². The maximum Gasteiger partial charge on any atom is 0.239 e. The molecule has 1 unspecified atom stereocenters. The largest absolute Gasteiger partial charge is 0.507 e. The number of rotatable bonds is 8. The summed E-state index contributed by atoms with van der Waals surface area (Å²) < 4.78 is 34.1. The molecule has 0 saturated carbocycles. The van der Waals surface area contributed by atoms with Crippen molar-refractivity contribution < 1.29 is 63.8 Å². The maximum absolute atomic E-state index is 14.1. The fourth-order valence-corrected chi connectivity index (χ4v) is 5.37. The Balaban J connectivity index is 1.54. The van der Waals surface area contributed by atoms with Gasteiger partial charge in [0.15, 0.2) is 12.1 Å². The number of aromatic hydroxyl groups is 2. The van der Waals surface area contributed by atoms with Gasteiger partial charge in [0.2, 0.25) is 17.5 Å². The average Bonchev–Trinajstić information content (AvgIpc) is 3.02. The highest BCUT2D eigenvalue weighted by molar-refractivity contribution is 5.91. The van der Waals surface area contributed by atoms with E-state index in [4.69, 9.17) is 28.1 Å². The van der Waals surface area contributed by atoms with Crippen LogP contribution in [0, 0.1) is 0 Å². The van der Waals surface area contributed by atoms with Crippen molar-refractivity contribution in [3.63, 3.8) is 0 Å². The number of methoxy groups -OCH3 is 1. The van der Waals surface area contributed by atoms with Gasteiger partial charge in [-0.25, -0.2) is 0 Å². The second kappa shape index (κ2) is 13.6. The molecule has 2 aliphatic heterocycles. The highest BCUT2D eigenvalue weighted by Crippen LogP contribution is 2.40. The van der Waals surface area contributed by atoms with E-state index in [1.165, 1.54) is 14.0 Å². The van der Waals surface area contributed by atoms with Crippen molar-refractivity contribution in [2.75, 3.05) is 13.7 Å². The first-order valence-electron chi connectivity index (χ1n) is 14.6. The second-order valence-electron chi connectivity index (χ2n) is 11.6. The summed E-state index contributed by atoms with van der Waals surface area (Å²) in [5.41, 5.74) is 0.606. The van der Waals surface area contributed by atoms with Crippen LogP contribution in [0.2, 0.25) is 0 Å². The molecule has 0 amide bonds. The smallest absolute Gasteiger partial charge is 0.239 e. The number of hydrogen-bond acceptors (Lipinski definition) is 14. The molecule has 0 bridgehead atoms. The number of benzene rings is 2. The number of hydrogen-bond donors (Lipinski definition) is 7. The summed E-state index contributed by atoms with van der Waals surface area (Å²) >= 11 is 0. The quantitative estimate of drug-likeness (QED) is 0.170. The van der Waals surface area contributed by atoms with E-state index in [1.54, 1.807) is 24.3 Å². The summed E-state index contributed by atoms with van der Waals surface area (Å²) in [6.07, 6.45) is -11.5. The summed E-state index contributed by atoms with van der Waals surface area (Å²) in [5, 5.41) is 73.2. The van der Waals surface area contributed by atoms with Gasteiger partial charge in [0.1, 0.15) is 64.8 Å². The SMILES string of the molecule is COc1ccc(-c2oc3c(CC=C(C)C)c(O)cc(O)c3c(=O)c2O[C@@H]2O[C@H](C)[C@@H](OC3OC[C@H](O)[C@@H](O)[C@@H]3O)[C@H](O)[C@@H]2O)cc1. The molecule has 2 aliphatic rings. The minimum Gasteiger partial charge on any atom is -0.507 e. The first kappa shape index (κ1) is 33.6. The fourth-order valence-electron chi connectivity index (χ4n) is 5.37. The summed E-state index contributed by atoms with van der Waals surface area (Å²) in [4.78, 5) is 14.1. The third kappa shape index (κ3) is 6.43. The number of phenolic OH excluding ortho intramolecular Hbond substituents is 2. The summed E-state index contributed by atoms with van der Waals surface area (Å²) in [5.74, 6) is -0.928. The second-order valence-corrected chi connectivity index (χ2v) is 11.6. The zero-order valence-corrected chi connectivity index (χ0v) is 25.6. The molecule has 5 rings (SSSR count). The molecule has 0 spiro atoms. The molecule has 2 aromatic carbocycles. The van der Waals surface area contributed by atoms with Gasteiger partial charge >= 0.3 is 0 Å². The van der Waals surface area contributed by atoms with Gasteiger partial charge in [-0.15, -0.1) is 0 Å². The van der Waals surface area contributed by atoms with Crippen LogP contribution in [0.3, 0.4) is 0 Å². The Bertz CT molecular complexity index is 1630. The van der Waals surface area contributed by atoms with Crippen LogP contribution in [0.4, 0.5) is 0 Å². The predicted molar refractivity (Wildman–Crippen MR) is 161 cm³/mol. The zero-order chi connectivity index (χ0) is 33.4. The van der Waals surface area contributed by atoms with Crippen molar-refractivity contribution in [2.24, 2.45) is 0 Å². The molecule has 14 nitrogen and oxygen atoms in total. The molecule has 7 N–H and O–H groups in total. The fraction of sp³-hybridized carbons (Fsp3) is 0.469. The lowest BCUT2D eigenvalue weighted by atomic mass is 9.98. The first-order valence-corrected chi connectivity index (χ1v) is 14.6. The van der Waals surface area contributed by atoms with Crippen molar-refractivity contribution in [3.8, 4) is 34.3 Å². The van der Waals surface area contributed by atoms with E-state index < -0.39 is 72.2 Å². The van der Waals surface area contributed by atoms with Crippen LogP contribution in [0.25, 0.3) is 22.3 Å². The molecule has 46 heavy (non-hydrogen) atoms. The topological polar surface area (TPSA) is 218 Å². The Hall–Kier alpha value is -3.73. The summed E-state index contributed by atoms with van der Waals surface area (Å²) in [6.45, 7) is 4.86. The maximum atomic E-state index is 14.1. The van der Waals surface area contributed by atoms with E-state index in [0.29, 0.717) is 11.3 Å². The lowest BCUT2D eigenvalue weighted by molar-refractivity contribution is -0.334. The molecule has 0 radical (unpaired) electrons. The van der Waals surface area contributed by atoms with Gasteiger partial charge in [-0.2, -0.15) is 0 Å². The van der Waals surface area contributed by atoms with E-state index in [1.807, 2.05) is 19.9 Å². The average molecular weight is 647 g/mol. The summed E-state index contributed by atoms with van der Waals surface area (Å²) in [7, 11) is 1.48. The third-order valence-electron chi connectivity index (χ3n) is 8.01. The van der Waals surface area contributed by atoms with Crippen LogP contribution in [0.1, 0.15) is 26.3 Å². The van der Waals surface area contributed by atoms with E-state index in [0.717, 1.165) is 11.6 Å². The van der Waals surface area contributed by atoms with Crippen LogP contribution >= 0.6 is 0 Å². The Morgan fingerprint density at radius 2 is 1.63 bits per heavy atom. The van der Waals surface area contributed by atoms with Crippen molar-refractivity contribution >= 4 is 11.0 Å². The van der Waals surface area contributed by atoms with Crippen LogP contribution < -0.4 is 14.9 Å². The Morgan fingerprint density at radius 3 is 2.28 bits per heavy atom. The number of aliphatic hydroxyl groups is 5. The molecule has 2 fully saturated rings. The van der Waals surface area contributed by atoms with E-state index in [9.17, 15) is 40.5 Å². The van der Waals surface area contributed by atoms with Gasteiger partial charge in [0, 0.05) is 17.2 Å². The standard InChI is InChI=1S/C32H38O14/c1-13(2)5-10-17-18(33)11-19(34)21-23(37)30(28(44-29(17)21)15-6-8-16(41-4)9-7-15)46-32-26(40)24(38)27(14(3)43-32)45-31-25(39)22(36)20(35)12-42-31/h5-9,11,14,20,22,24-27,31-36,38-40H,10,12H2,1-4H3/t14-,20+,22-,24-,25+,26+,27-,31?,32+/m1/s1. The van der Waals surface area contributed by atoms with Crippen molar-refractivity contribution in [3.05, 3.63) is 57.8 Å². The minimum atomic E-state index is -1.82. The molecule has 250 valence electrons. The van der Waals surface area contributed by atoms with Gasteiger partial charge in [-0.05, 0) is 51.5 Å². The van der Waals surface area contributed by atoms with E-state index in [2.05, 4.69) is 0 Å². The molecule has 3 heterocycles. The van der Waals surface area contributed by atoms with Gasteiger partial charge in [0.05, 0.1) is 19.8 Å². The molecular formula is C32H38O14. The van der Waals surface area contributed by atoms with Crippen molar-refractivity contribution in [2.45, 2.75) is 82.5 Å². The van der Waals surface area contributed by atoms with E-state index >= 15 is 0 Å². The lowest BCUT2D eigenvalue weighted by Crippen LogP contribution is -2.62. The van der Waals surface area contributed by atoms with Crippen molar-refractivity contribution in [1.82, 2.24) is 0 Å². The Kier molecular flexibility index (Phi) is 9.91. The Morgan fingerprint density at radius 1 is 0.957 bits per heavy atom. The summed E-state index contributed by atoms with van der Waals surface area (Å²) in [6, 6.07) is 7.44. The first-order chi connectivity index (χ1) is 21.8. The van der Waals surface area contributed by atoms with Gasteiger partial charge in [0.25, 0.3) is 0 Å². The normalized spacial score (nSPS) is 29.8. The Labute approximate surface area is 263 Å². The molecular weight excluding hydrogens is 608 g/mol. The predicted octanol–water partition coefficient (Wildman–Crippen LogP) is 1.06. The van der Waals surface area contributed by atoms with Crippen LogP contribution in [-0.2, 0) is 20.6 Å². The van der Waals surface area contributed by atoms with Crippen LogP contribution in [0.5, 0.6) is 23.0 Å². The monoisotopic (exact) mass is 646 g/mol. The molecule has 3 aromatic rings. The highest BCUT2D eigenvalue weighted by atomic mass is 16.7. The molecule has 14 heteroatoms. The van der Waals surface area contributed by atoms with Crippen LogP contribution in [0.15, 0.2) is 51.2 Å². The zero-order valence-electron chi connectivity index (χ0n) is 25.6. The number of phenols is 2. The van der Waals surface area contributed by atoms with Crippen LogP contribution in [-0.4, -0.2) is 105 Å². The van der Waals surface area contributed by atoms with Gasteiger partial charge < -0.3 is 63.8 Å². The van der Waals surface area contributed by atoms with Crippen molar-refractivity contribution in [1.29, 1.82) is 0 Å².